The number of halogens is 2. The molecule has 1 aliphatic carbocycles. The van der Waals surface area contributed by atoms with Gasteiger partial charge in [-0.3, -0.25) is 19.5 Å². The first-order valence-electron chi connectivity index (χ1n) is 9.91. The third-order valence-electron chi connectivity index (χ3n) is 6.06. The van der Waals surface area contributed by atoms with E-state index in [0.717, 1.165) is 12.8 Å². The summed E-state index contributed by atoms with van der Waals surface area (Å²) in [5, 5.41) is 0. The van der Waals surface area contributed by atoms with E-state index in [9.17, 15) is 18.4 Å². The molecular weight excluding hydrogens is 394 g/mol. The number of pyridine rings is 2. The van der Waals surface area contributed by atoms with Gasteiger partial charge in [-0.15, -0.1) is 0 Å². The highest BCUT2D eigenvalue weighted by atomic mass is 19.3. The van der Waals surface area contributed by atoms with Crippen LogP contribution < -0.4 is 16.0 Å². The molecular formula is C21H24F2N4O3. The minimum absolute atomic E-state index is 0.111. The Labute approximate surface area is 172 Å². The van der Waals surface area contributed by atoms with Gasteiger partial charge in [0.1, 0.15) is 11.3 Å². The van der Waals surface area contributed by atoms with Crippen molar-refractivity contribution in [2.75, 3.05) is 19.7 Å². The van der Waals surface area contributed by atoms with Crippen LogP contribution in [0.2, 0.25) is 0 Å². The number of nitrogens with zero attached hydrogens (tertiary/aromatic N) is 2. The predicted octanol–water partition coefficient (Wildman–Crippen LogP) is 1.99. The Morgan fingerprint density at radius 3 is 2.70 bits per heavy atom. The second-order valence-electron chi connectivity index (χ2n) is 8.25. The van der Waals surface area contributed by atoms with Gasteiger partial charge in [0.15, 0.2) is 0 Å². The van der Waals surface area contributed by atoms with Crippen LogP contribution in [0.5, 0.6) is 5.75 Å². The fourth-order valence-electron chi connectivity index (χ4n) is 3.81. The summed E-state index contributed by atoms with van der Waals surface area (Å²) >= 11 is 0. The van der Waals surface area contributed by atoms with Gasteiger partial charge in [0, 0.05) is 18.8 Å². The number of aromatic nitrogens is 2. The number of rotatable bonds is 7. The molecule has 2 unspecified atom stereocenters. The van der Waals surface area contributed by atoms with Crippen molar-refractivity contribution in [2.45, 2.75) is 37.1 Å². The van der Waals surface area contributed by atoms with Crippen molar-refractivity contribution in [1.29, 1.82) is 0 Å². The molecule has 2 aromatic rings. The first kappa shape index (κ1) is 20.5. The Balaban J connectivity index is 1.59. The monoisotopic (exact) mass is 418 g/mol. The second kappa shape index (κ2) is 7.46. The summed E-state index contributed by atoms with van der Waals surface area (Å²) < 4.78 is 35.4. The first-order valence-corrected chi connectivity index (χ1v) is 9.91. The molecule has 3 heterocycles. The van der Waals surface area contributed by atoms with E-state index in [1.807, 2.05) is 0 Å². The molecule has 0 aromatic carbocycles. The van der Waals surface area contributed by atoms with Crippen molar-refractivity contribution in [3.05, 3.63) is 58.3 Å². The quantitative estimate of drug-likeness (QED) is 0.716. The third-order valence-corrected chi connectivity index (χ3v) is 6.06. The number of amides is 1. The van der Waals surface area contributed by atoms with E-state index in [2.05, 4.69) is 9.97 Å². The average Bonchev–Trinajstić information content (AvgIpc) is 3.49. The molecule has 4 rings (SSSR count). The van der Waals surface area contributed by atoms with Gasteiger partial charge in [0.05, 0.1) is 31.0 Å². The summed E-state index contributed by atoms with van der Waals surface area (Å²) in [5.74, 6) is -3.91. The average molecular weight is 418 g/mol. The first-order chi connectivity index (χ1) is 14.2. The predicted molar refractivity (Wildman–Crippen MR) is 105 cm³/mol. The van der Waals surface area contributed by atoms with Crippen LogP contribution >= 0.6 is 0 Å². The van der Waals surface area contributed by atoms with Gasteiger partial charge in [-0.25, -0.2) is 8.78 Å². The summed E-state index contributed by atoms with van der Waals surface area (Å²) in [6.07, 6.45) is 5.10. The van der Waals surface area contributed by atoms with Crippen LogP contribution in [0.3, 0.4) is 0 Å². The fourth-order valence-corrected chi connectivity index (χ4v) is 3.81. The van der Waals surface area contributed by atoms with E-state index >= 15 is 0 Å². The molecule has 0 bridgehead atoms. The highest BCUT2D eigenvalue weighted by Crippen LogP contribution is 2.44. The van der Waals surface area contributed by atoms with E-state index < -0.39 is 29.8 Å². The van der Waals surface area contributed by atoms with Crippen LogP contribution in [-0.2, 0) is 10.3 Å². The zero-order chi connectivity index (χ0) is 21.5. The van der Waals surface area contributed by atoms with E-state index in [-0.39, 0.29) is 17.8 Å². The lowest BCUT2D eigenvalue weighted by Crippen LogP contribution is -2.53. The molecule has 1 aliphatic heterocycles. The number of primary amides is 1. The van der Waals surface area contributed by atoms with E-state index in [1.165, 1.54) is 36.4 Å². The molecule has 9 heteroatoms. The number of hydrogen-bond donors (Lipinski definition) is 2. The van der Waals surface area contributed by atoms with Crippen LogP contribution in [0.15, 0.2) is 41.5 Å². The zero-order valence-corrected chi connectivity index (χ0v) is 16.6. The van der Waals surface area contributed by atoms with Gasteiger partial charge in [0.2, 0.25) is 11.5 Å². The van der Waals surface area contributed by atoms with Crippen molar-refractivity contribution in [1.82, 2.24) is 14.9 Å². The van der Waals surface area contributed by atoms with Crippen LogP contribution in [0.4, 0.5) is 8.78 Å². The topological polar surface area (TPSA) is 101 Å². The van der Waals surface area contributed by atoms with Gasteiger partial charge in [0.25, 0.3) is 5.92 Å². The lowest BCUT2D eigenvalue weighted by atomic mass is 9.93. The highest BCUT2D eigenvalue weighted by molar-refractivity contribution is 5.85. The number of aromatic amines is 1. The molecule has 0 spiro atoms. The number of ether oxygens (including phenoxy) is 1. The highest BCUT2D eigenvalue weighted by Gasteiger charge is 2.55. The van der Waals surface area contributed by atoms with Crippen LogP contribution in [-0.4, -0.2) is 46.4 Å². The number of carbonyl (C=O) groups is 1. The van der Waals surface area contributed by atoms with Crippen molar-refractivity contribution >= 4 is 5.91 Å². The molecule has 7 nitrogen and oxygen atoms in total. The van der Waals surface area contributed by atoms with Crippen molar-refractivity contribution in [3.8, 4) is 5.75 Å². The fraction of sp³-hybridized carbons (Fsp3) is 0.476. The molecule has 2 atom stereocenters. The van der Waals surface area contributed by atoms with Crippen molar-refractivity contribution in [3.63, 3.8) is 0 Å². The van der Waals surface area contributed by atoms with Crippen LogP contribution in [0.1, 0.15) is 36.9 Å². The number of H-pyrrole nitrogens is 1. The van der Waals surface area contributed by atoms with Gasteiger partial charge in [-0.2, -0.15) is 0 Å². The Hall–Kier alpha value is -2.81. The molecule has 2 fully saturated rings. The molecule has 3 N–H and O–H groups in total. The number of carbonyl (C=O) groups excluding carboxylic acids is 1. The minimum Gasteiger partial charge on any atom is -0.492 e. The molecule has 160 valence electrons. The number of alkyl halides is 2. The van der Waals surface area contributed by atoms with Crippen molar-refractivity contribution in [2.24, 2.45) is 11.7 Å². The lowest BCUT2D eigenvalue weighted by molar-refractivity contribution is -0.130. The van der Waals surface area contributed by atoms with Gasteiger partial charge in [-0.1, -0.05) is 6.07 Å². The summed E-state index contributed by atoms with van der Waals surface area (Å²) in [6.45, 7) is 1.36. The SMILES string of the molecule is CC(C(N)=O)(c1ccc(OCC2CC2)cn1)N1CC(c2ccc(=O)[nH]c2)C(F)(F)C1. The minimum atomic E-state index is -3.11. The molecule has 30 heavy (non-hydrogen) atoms. The number of likely N-dealkylation sites (tertiary alicyclic amines) is 1. The van der Waals surface area contributed by atoms with Crippen LogP contribution in [0, 0.1) is 5.92 Å². The molecule has 1 saturated heterocycles. The van der Waals surface area contributed by atoms with E-state index in [4.69, 9.17) is 10.5 Å². The maximum absolute atomic E-state index is 14.9. The number of nitrogens with two attached hydrogens (primary N) is 1. The molecule has 1 saturated carbocycles. The smallest absolute Gasteiger partial charge is 0.268 e. The second-order valence-corrected chi connectivity index (χ2v) is 8.25. The molecule has 1 amide bonds. The third kappa shape index (κ3) is 3.81. The van der Waals surface area contributed by atoms with Gasteiger partial charge >= 0.3 is 0 Å². The summed E-state index contributed by atoms with van der Waals surface area (Å²) in [6, 6.07) is 5.87. The zero-order valence-electron chi connectivity index (χ0n) is 16.6. The number of nitrogens with one attached hydrogen (secondary N) is 1. The lowest BCUT2D eigenvalue weighted by Gasteiger charge is -2.35. The number of hydrogen-bond acceptors (Lipinski definition) is 5. The van der Waals surface area contributed by atoms with Crippen LogP contribution in [0.25, 0.3) is 0 Å². The van der Waals surface area contributed by atoms with Crippen molar-refractivity contribution < 1.29 is 18.3 Å². The molecule has 2 aliphatic rings. The largest absolute Gasteiger partial charge is 0.492 e. The van der Waals surface area contributed by atoms with Gasteiger partial charge in [-0.05, 0) is 43.4 Å². The standard InChI is InChI=1S/C21H24F2N4O3/c1-20(19(24)29,17-6-5-15(9-25-17)30-11-13-2-3-13)27-10-16(21(22,23)12-27)14-4-7-18(28)26-8-14/h4-9,13,16H,2-3,10-12H2,1H3,(H2,24,29)(H,26,28). The Bertz CT molecular complexity index is 970. The summed E-state index contributed by atoms with van der Waals surface area (Å²) in [4.78, 5) is 31.8. The Morgan fingerprint density at radius 1 is 1.37 bits per heavy atom. The maximum Gasteiger partial charge on any atom is 0.268 e. The van der Waals surface area contributed by atoms with E-state index in [0.29, 0.717) is 23.8 Å². The van der Waals surface area contributed by atoms with Gasteiger partial charge < -0.3 is 15.5 Å². The molecule has 0 radical (unpaired) electrons. The summed E-state index contributed by atoms with van der Waals surface area (Å²) in [7, 11) is 0. The normalized spacial score (nSPS) is 23.1. The Kier molecular flexibility index (Phi) is 5.09. The maximum atomic E-state index is 14.9. The Morgan fingerprint density at radius 2 is 2.13 bits per heavy atom. The molecule has 2 aromatic heterocycles. The van der Waals surface area contributed by atoms with E-state index in [1.54, 1.807) is 12.1 Å². The summed E-state index contributed by atoms with van der Waals surface area (Å²) in [5.41, 5.74) is 4.37.